The molecule has 2 N–H and O–H groups in total. The fourth-order valence-corrected chi connectivity index (χ4v) is 7.33. The van der Waals surface area contributed by atoms with E-state index in [0.717, 1.165) is 23.5 Å². The quantitative estimate of drug-likeness (QED) is 0.507. The summed E-state index contributed by atoms with van der Waals surface area (Å²) in [4.78, 5) is 3.42. The van der Waals surface area contributed by atoms with Gasteiger partial charge in [0.15, 0.2) is 5.60 Å². The molecule has 0 aliphatic carbocycles. The SMILES string of the molecule is CC(O)(c1ccc(N2CCN(S(=O)(=O)c3cccs3)C[C@@H]2CN2CCN[C@@H](C(F)(F)F)C2)cc1)C(F)(F)F. The van der Waals surface area contributed by atoms with Gasteiger partial charge in [0, 0.05) is 51.5 Å². The third-order valence-corrected chi connectivity index (χ3v) is 10.2. The number of alkyl halides is 6. The normalized spacial score (nSPS) is 24.4. The molecular formula is C23H28F6N4O3S2. The number of aliphatic hydroxyl groups is 1. The van der Waals surface area contributed by atoms with Crippen LogP contribution in [0.3, 0.4) is 0 Å². The first kappa shape index (κ1) is 29.1. The minimum absolute atomic E-state index is 0.0110. The number of anilines is 1. The number of nitrogens with one attached hydrogen (secondary N) is 1. The smallest absolute Gasteiger partial charge is 0.376 e. The van der Waals surface area contributed by atoms with Crippen molar-refractivity contribution in [2.24, 2.45) is 0 Å². The number of rotatable bonds is 6. The molecule has 0 bridgehead atoms. The van der Waals surface area contributed by atoms with Gasteiger partial charge in [-0.05, 0) is 36.1 Å². The summed E-state index contributed by atoms with van der Waals surface area (Å²) in [6.45, 7) is 1.15. The van der Waals surface area contributed by atoms with E-state index < -0.39 is 40.1 Å². The Kier molecular flexibility index (Phi) is 8.10. The Bertz CT molecular complexity index is 1190. The van der Waals surface area contributed by atoms with Crippen LogP contribution in [0.15, 0.2) is 46.0 Å². The second-order valence-corrected chi connectivity index (χ2v) is 12.7. The lowest BCUT2D eigenvalue weighted by atomic mass is 9.95. The Balaban J connectivity index is 1.60. The van der Waals surface area contributed by atoms with Crippen molar-refractivity contribution in [1.29, 1.82) is 0 Å². The van der Waals surface area contributed by atoms with Crippen molar-refractivity contribution in [3.8, 4) is 0 Å². The Labute approximate surface area is 220 Å². The van der Waals surface area contributed by atoms with Gasteiger partial charge in [-0.15, -0.1) is 11.3 Å². The molecule has 1 aromatic heterocycles. The average Bonchev–Trinajstić information content (AvgIpc) is 3.39. The predicted molar refractivity (Wildman–Crippen MR) is 131 cm³/mol. The summed E-state index contributed by atoms with van der Waals surface area (Å²) in [5, 5.41) is 14.1. The number of benzene rings is 1. The predicted octanol–water partition coefficient (Wildman–Crippen LogP) is 3.23. The molecule has 2 aliphatic heterocycles. The molecule has 0 saturated carbocycles. The highest BCUT2D eigenvalue weighted by Gasteiger charge is 2.51. The van der Waals surface area contributed by atoms with Gasteiger partial charge in [-0.3, -0.25) is 4.90 Å². The van der Waals surface area contributed by atoms with Crippen LogP contribution in [0.1, 0.15) is 12.5 Å². The number of sulfonamides is 1. The summed E-state index contributed by atoms with van der Waals surface area (Å²) in [6, 6.07) is 5.92. The second-order valence-electron chi connectivity index (χ2n) is 9.57. The van der Waals surface area contributed by atoms with Crippen LogP contribution in [0.25, 0.3) is 0 Å². The molecule has 7 nitrogen and oxygen atoms in total. The molecule has 0 spiro atoms. The van der Waals surface area contributed by atoms with E-state index in [1.54, 1.807) is 21.2 Å². The van der Waals surface area contributed by atoms with Crippen molar-refractivity contribution in [2.75, 3.05) is 50.7 Å². The van der Waals surface area contributed by atoms with Gasteiger partial charge in [-0.2, -0.15) is 30.6 Å². The maximum absolute atomic E-state index is 13.3. The highest BCUT2D eigenvalue weighted by Crippen LogP contribution is 2.39. The van der Waals surface area contributed by atoms with Crippen LogP contribution >= 0.6 is 11.3 Å². The molecule has 1 aromatic carbocycles. The first-order valence-corrected chi connectivity index (χ1v) is 14.1. The first-order chi connectivity index (χ1) is 17.6. The zero-order valence-corrected chi connectivity index (χ0v) is 22.0. The Morgan fingerprint density at radius 2 is 1.71 bits per heavy atom. The van der Waals surface area contributed by atoms with E-state index in [1.807, 2.05) is 0 Å². The third kappa shape index (κ3) is 5.97. The van der Waals surface area contributed by atoms with E-state index >= 15 is 0 Å². The fraction of sp³-hybridized carbons (Fsp3) is 0.565. The van der Waals surface area contributed by atoms with Crippen molar-refractivity contribution in [3.63, 3.8) is 0 Å². The highest BCUT2D eigenvalue weighted by atomic mass is 32.2. The first-order valence-electron chi connectivity index (χ1n) is 11.8. The van der Waals surface area contributed by atoms with E-state index in [2.05, 4.69) is 5.32 Å². The van der Waals surface area contributed by atoms with Gasteiger partial charge in [0.05, 0.1) is 6.04 Å². The van der Waals surface area contributed by atoms with E-state index in [-0.39, 0.29) is 49.0 Å². The standard InChI is InChI=1S/C23H28F6N4O3S2/c1-21(34,23(27,28)29)16-4-6-17(7-5-16)33-11-10-32(38(35,36)20-3-2-12-37-20)14-18(33)13-31-9-8-30-19(15-31)22(24,25)26/h2-7,12,18-19,30,34H,8-11,13-15H2,1H3/t18-,19+,21?/m0/s1. The molecule has 1 unspecified atom stereocenters. The van der Waals surface area contributed by atoms with E-state index in [1.165, 1.54) is 22.5 Å². The maximum atomic E-state index is 13.3. The van der Waals surface area contributed by atoms with Crippen molar-refractivity contribution < 1.29 is 39.9 Å². The van der Waals surface area contributed by atoms with Crippen LogP contribution in [0.5, 0.6) is 0 Å². The van der Waals surface area contributed by atoms with Crippen molar-refractivity contribution in [3.05, 3.63) is 47.3 Å². The van der Waals surface area contributed by atoms with Gasteiger partial charge in [-0.1, -0.05) is 18.2 Å². The van der Waals surface area contributed by atoms with E-state index in [4.69, 9.17) is 0 Å². The number of nitrogens with zero attached hydrogens (tertiary/aromatic N) is 3. The largest absolute Gasteiger partial charge is 0.421 e. The van der Waals surface area contributed by atoms with E-state index in [9.17, 15) is 39.9 Å². The zero-order chi connectivity index (χ0) is 27.9. The summed E-state index contributed by atoms with van der Waals surface area (Å²) in [6.07, 6.45) is -9.33. The lowest BCUT2D eigenvalue weighted by molar-refractivity contribution is -0.258. The van der Waals surface area contributed by atoms with Crippen LogP contribution in [0.4, 0.5) is 32.0 Å². The summed E-state index contributed by atoms with van der Waals surface area (Å²) in [7, 11) is -3.82. The van der Waals surface area contributed by atoms with Crippen molar-refractivity contribution in [1.82, 2.24) is 14.5 Å². The lowest BCUT2D eigenvalue weighted by Crippen LogP contribution is -2.62. The molecule has 3 heterocycles. The number of piperazine rings is 2. The molecule has 0 amide bonds. The Morgan fingerprint density at radius 1 is 1.03 bits per heavy atom. The molecule has 4 rings (SSSR count). The topological polar surface area (TPSA) is 76.1 Å². The minimum atomic E-state index is -4.89. The van der Waals surface area contributed by atoms with Gasteiger partial charge < -0.3 is 15.3 Å². The fourth-order valence-electron chi connectivity index (χ4n) is 4.71. The van der Waals surface area contributed by atoms with Gasteiger partial charge >= 0.3 is 12.4 Å². The molecule has 2 aromatic rings. The molecule has 212 valence electrons. The van der Waals surface area contributed by atoms with Gasteiger partial charge in [0.2, 0.25) is 0 Å². The molecule has 38 heavy (non-hydrogen) atoms. The molecule has 0 radical (unpaired) electrons. The average molecular weight is 587 g/mol. The summed E-state index contributed by atoms with van der Waals surface area (Å²) in [5.41, 5.74) is -2.95. The molecule has 2 fully saturated rings. The summed E-state index contributed by atoms with van der Waals surface area (Å²) >= 11 is 1.06. The van der Waals surface area contributed by atoms with E-state index in [0.29, 0.717) is 19.2 Å². The minimum Gasteiger partial charge on any atom is -0.376 e. The number of halogens is 6. The third-order valence-electron chi connectivity index (χ3n) is 6.97. The second kappa shape index (κ2) is 10.6. The number of hydrogen-bond donors (Lipinski definition) is 2. The van der Waals surface area contributed by atoms with Crippen molar-refractivity contribution >= 4 is 27.0 Å². The van der Waals surface area contributed by atoms with Gasteiger partial charge in [-0.25, -0.2) is 8.42 Å². The molecule has 3 atom stereocenters. The van der Waals surface area contributed by atoms with Gasteiger partial charge in [0.1, 0.15) is 10.3 Å². The molecule has 2 saturated heterocycles. The van der Waals surface area contributed by atoms with Crippen LogP contribution in [0, 0.1) is 0 Å². The van der Waals surface area contributed by atoms with Crippen LogP contribution in [-0.2, 0) is 15.6 Å². The van der Waals surface area contributed by atoms with Crippen LogP contribution < -0.4 is 10.2 Å². The van der Waals surface area contributed by atoms with Crippen molar-refractivity contribution in [2.45, 2.75) is 41.2 Å². The Morgan fingerprint density at radius 3 is 2.29 bits per heavy atom. The zero-order valence-electron chi connectivity index (χ0n) is 20.3. The Hall–Kier alpha value is -1.91. The molecule has 15 heteroatoms. The lowest BCUT2D eigenvalue weighted by Gasteiger charge is -2.45. The maximum Gasteiger partial charge on any atom is 0.421 e. The number of thiophene rings is 1. The monoisotopic (exact) mass is 586 g/mol. The summed E-state index contributed by atoms with van der Waals surface area (Å²) in [5.74, 6) is 0. The van der Waals surface area contributed by atoms with Gasteiger partial charge in [0.25, 0.3) is 10.0 Å². The highest BCUT2D eigenvalue weighted by molar-refractivity contribution is 7.91. The summed E-state index contributed by atoms with van der Waals surface area (Å²) < 4.78 is 108. The van der Waals surface area contributed by atoms with Crippen LogP contribution in [-0.4, -0.2) is 93.0 Å². The molecule has 2 aliphatic rings. The molecular weight excluding hydrogens is 558 g/mol. The van der Waals surface area contributed by atoms with Crippen LogP contribution in [0.2, 0.25) is 0 Å². The number of hydrogen-bond acceptors (Lipinski definition) is 7.